The van der Waals surface area contributed by atoms with Gasteiger partial charge in [0.1, 0.15) is 4.90 Å². The maximum absolute atomic E-state index is 12.1. The smallest absolute Gasteiger partial charge is 0.242 e. The van der Waals surface area contributed by atoms with Crippen molar-refractivity contribution < 1.29 is 8.42 Å². The molecule has 2 heterocycles. The van der Waals surface area contributed by atoms with E-state index in [1.165, 1.54) is 12.3 Å². The minimum atomic E-state index is -3.49. The molecule has 0 spiro atoms. The minimum Gasteiger partial charge on any atom is -0.361 e. The number of nitrogens with one attached hydrogen (secondary N) is 2. The highest BCUT2D eigenvalue weighted by Gasteiger charge is 2.13. The van der Waals surface area contributed by atoms with E-state index in [9.17, 15) is 8.42 Å². The number of rotatable bonds is 5. The van der Waals surface area contributed by atoms with E-state index < -0.39 is 10.0 Å². The van der Waals surface area contributed by atoms with E-state index in [0.29, 0.717) is 13.0 Å². The van der Waals surface area contributed by atoms with Crippen LogP contribution in [-0.2, 0) is 16.4 Å². The molecule has 6 heteroatoms. The highest BCUT2D eigenvalue weighted by Crippen LogP contribution is 2.17. The molecule has 21 heavy (non-hydrogen) atoms. The van der Waals surface area contributed by atoms with Crippen LogP contribution in [0.4, 0.5) is 0 Å². The van der Waals surface area contributed by atoms with Gasteiger partial charge in [-0.25, -0.2) is 13.1 Å². The zero-order valence-corrected chi connectivity index (χ0v) is 12.1. The second-order valence-electron chi connectivity index (χ2n) is 4.70. The van der Waals surface area contributed by atoms with Gasteiger partial charge in [-0.1, -0.05) is 18.2 Å². The maximum Gasteiger partial charge on any atom is 0.242 e. The van der Waals surface area contributed by atoms with E-state index in [1.807, 2.05) is 30.5 Å². The van der Waals surface area contributed by atoms with E-state index in [-0.39, 0.29) is 4.90 Å². The topological polar surface area (TPSA) is 74.8 Å². The first-order chi connectivity index (χ1) is 10.2. The summed E-state index contributed by atoms with van der Waals surface area (Å²) < 4.78 is 26.7. The number of benzene rings is 1. The lowest BCUT2D eigenvalue weighted by atomic mass is 10.1. The van der Waals surface area contributed by atoms with Crippen molar-refractivity contribution in [3.63, 3.8) is 0 Å². The number of hydrogen-bond acceptors (Lipinski definition) is 3. The van der Waals surface area contributed by atoms with Crippen LogP contribution in [-0.4, -0.2) is 24.9 Å². The van der Waals surface area contributed by atoms with Crippen LogP contribution in [0.2, 0.25) is 0 Å². The number of aromatic amines is 1. The summed E-state index contributed by atoms with van der Waals surface area (Å²) in [5, 5.41) is 1.12. The zero-order chi connectivity index (χ0) is 14.7. The second-order valence-corrected chi connectivity index (χ2v) is 6.46. The Morgan fingerprint density at radius 3 is 2.81 bits per heavy atom. The summed E-state index contributed by atoms with van der Waals surface area (Å²) in [5.74, 6) is 0. The molecule has 0 radical (unpaired) electrons. The van der Waals surface area contributed by atoms with Gasteiger partial charge < -0.3 is 4.98 Å². The Labute approximate surface area is 123 Å². The Hall–Kier alpha value is -2.18. The third-order valence-electron chi connectivity index (χ3n) is 3.31. The van der Waals surface area contributed by atoms with E-state index in [1.54, 1.807) is 12.3 Å². The number of pyridine rings is 1. The molecule has 0 saturated heterocycles. The predicted octanol–water partition coefficient (Wildman–Crippen LogP) is 2.08. The summed E-state index contributed by atoms with van der Waals surface area (Å²) in [6.45, 7) is 0.346. The Morgan fingerprint density at radius 1 is 1.14 bits per heavy atom. The molecule has 0 aliphatic heterocycles. The van der Waals surface area contributed by atoms with Gasteiger partial charge in [-0.3, -0.25) is 4.98 Å². The fourth-order valence-electron chi connectivity index (χ4n) is 2.25. The van der Waals surface area contributed by atoms with Crippen LogP contribution in [0, 0.1) is 0 Å². The maximum atomic E-state index is 12.1. The van der Waals surface area contributed by atoms with E-state index in [4.69, 9.17) is 0 Å². The Bertz CT molecular complexity index is 841. The quantitative estimate of drug-likeness (QED) is 0.757. The first kappa shape index (κ1) is 13.8. The number of para-hydroxylation sites is 1. The first-order valence-electron chi connectivity index (χ1n) is 6.61. The number of nitrogens with zero attached hydrogens (tertiary/aromatic N) is 1. The fraction of sp³-hybridized carbons (Fsp3) is 0.133. The van der Waals surface area contributed by atoms with Crippen molar-refractivity contribution in [1.82, 2.24) is 14.7 Å². The molecule has 0 fully saturated rings. The van der Waals surface area contributed by atoms with Gasteiger partial charge >= 0.3 is 0 Å². The molecule has 0 unspecified atom stereocenters. The lowest BCUT2D eigenvalue weighted by molar-refractivity contribution is 0.581. The summed E-state index contributed by atoms with van der Waals surface area (Å²) in [7, 11) is -3.49. The lowest BCUT2D eigenvalue weighted by Gasteiger charge is -2.05. The molecule has 3 rings (SSSR count). The highest BCUT2D eigenvalue weighted by atomic mass is 32.2. The average Bonchev–Trinajstić information content (AvgIpc) is 2.92. The molecule has 0 aliphatic rings. The third-order valence-corrected chi connectivity index (χ3v) is 4.75. The lowest BCUT2D eigenvalue weighted by Crippen LogP contribution is -2.26. The number of aromatic nitrogens is 2. The molecule has 0 amide bonds. The molecule has 2 aromatic heterocycles. The predicted molar refractivity (Wildman–Crippen MR) is 81.4 cm³/mol. The summed E-state index contributed by atoms with van der Waals surface area (Å²) in [6, 6.07) is 11.1. The van der Waals surface area contributed by atoms with Gasteiger partial charge in [-0.05, 0) is 30.2 Å². The fourth-order valence-corrected chi connectivity index (χ4v) is 3.24. The van der Waals surface area contributed by atoms with Crippen LogP contribution in [0.1, 0.15) is 5.56 Å². The molecule has 108 valence electrons. The second kappa shape index (κ2) is 5.67. The molecular formula is C15H15N3O2S. The average molecular weight is 301 g/mol. The molecule has 5 nitrogen and oxygen atoms in total. The number of H-pyrrole nitrogens is 1. The first-order valence-corrected chi connectivity index (χ1v) is 8.10. The molecule has 3 aromatic rings. The summed E-state index contributed by atoms with van der Waals surface area (Å²) in [5.41, 5.74) is 2.15. The van der Waals surface area contributed by atoms with Crippen molar-refractivity contribution in [3.8, 4) is 0 Å². The van der Waals surface area contributed by atoms with Crippen LogP contribution in [0.5, 0.6) is 0 Å². The summed E-state index contributed by atoms with van der Waals surface area (Å²) >= 11 is 0. The van der Waals surface area contributed by atoms with Crippen molar-refractivity contribution in [2.75, 3.05) is 6.54 Å². The molecule has 0 saturated carbocycles. The highest BCUT2D eigenvalue weighted by molar-refractivity contribution is 7.89. The van der Waals surface area contributed by atoms with E-state index in [2.05, 4.69) is 14.7 Å². The van der Waals surface area contributed by atoms with Gasteiger partial charge in [-0.15, -0.1) is 0 Å². The number of sulfonamides is 1. The Balaban J connectivity index is 1.69. The van der Waals surface area contributed by atoms with Gasteiger partial charge in [0.2, 0.25) is 10.0 Å². The standard InChI is InChI=1S/C15H15N3O2S/c19-21(20,13-4-3-8-16-11-13)18-9-7-12-10-17-15-6-2-1-5-14(12)15/h1-6,8,10-11,17-18H,7,9H2. The number of fused-ring (bicyclic) bond motifs is 1. The van der Waals surface area contributed by atoms with Crippen LogP contribution >= 0.6 is 0 Å². The minimum absolute atomic E-state index is 0.184. The van der Waals surface area contributed by atoms with Gasteiger partial charge in [-0.2, -0.15) is 0 Å². The summed E-state index contributed by atoms with van der Waals surface area (Å²) in [6.07, 6.45) is 5.44. The van der Waals surface area contributed by atoms with Crippen LogP contribution in [0.3, 0.4) is 0 Å². The van der Waals surface area contributed by atoms with Crippen LogP contribution in [0.25, 0.3) is 10.9 Å². The zero-order valence-electron chi connectivity index (χ0n) is 11.3. The largest absolute Gasteiger partial charge is 0.361 e. The molecule has 2 N–H and O–H groups in total. The van der Waals surface area contributed by atoms with Gasteiger partial charge in [0.25, 0.3) is 0 Å². The monoisotopic (exact) mass is 301 g/mol. The molecular weight excluding hydrogens is 286 g/mol. The Kier molecular flexibility index (Phi) is 3.72. The van der Waals surface area contributed by atoms with Gasteiger partial charge in [0.05, 0.1) is 0 Å². The van der Waals surface area contributed by atoms with Crippen molar-refractivity contribution in [2.45, 2.75) is 11.3 Å². The molecule has 1 aromatic carbocycles. The van der Waals surface area contributed by atoms with Crippen LogP contribution in [0.15, 0.2) is 59.9 Å². The van der Waals surface area contributed by atoms with Crippen molar-refractivity contribution in [3.05, 3.63) is 60.6 Å². The van der Waals surface area contributed by atoms with Crippen molar-refractivity contribution in [2.24, 2.45) is 0 Å². The van der Waals surface area contributed by atoms with Gasteiger partial charge in [0, 0.05) is 36.0 Å². The molecule has 0 atom stereocenters. The molecule has 0 bridgehead atoms. The van der Waals surface area contributed by atoms with E-state index in [0.717, 1.165) is 16.5 Å². The third kappa shape index (κ3) is 2.96. The van der Waals surface area contributed by atoms with Crippen molar-refractivity contribution >= 4 is 20.9 Å². The normalized spacial score (nSPS) is 11.8. The Morgan fingerprint density at radius 2 is 2.00 bits per heavy atom. The van der Waals surface area contributed by atoms with Gasteiger partial charge in [0.15, 0.2) is 0 Å². The number of hydrogen-bond donors (Lipinski definition) is 2. The SMILES string of the molecule is O=S(=O)(NCCc1c[nH]c2ccccc12)c1cccnc1. The molecule has 0 aliphatic carbocycles. The summed E-state index contributed by atoms with van der Waals surface area (Å²) in [4.78, 5) is 7.19. The van der Waals surface area contributed by atoms with Crippen LogP contribution < -0.4 is 4.72 Å². The van der Waals surface area contributed by atoms with E-state index >= 15 is 0 Å². The van der Waals surface area contributed by atoms with Crippen molar-refractivity contribution in [1.29, 1.82) is 0 Å².